The maximum absolute atomic E-state index is 13.5. The molecule has 2 fully saturated rings. The van der Waals surface area contributed by atoms with E-state index in [1.54, 1.807) is 18.3 Å². The van der Waals surface area contributed by atoms with Crippen LogP contribution >= 0.6 is 0 Å². The van der Waals surface area contributed by atoms with Gasteiger partial charge >= 0.3 is 6.18 Å². The standard InChI is InChI=1S/C30H33F3N4O2/c1-19(36-29(38)27-11-15-35-28(37-27)22-12-16-39-17-13-22)20-5-7-21(8-6-20)25-18-23(30(31,32)33)9-10-24(25)26-4-2-3-14-34-26/h5-11,15,18-19,22,26,34H,2-4,12-14,16-17H2,1H3,(H,36,38)/t19-,26?/m1/s1. The Balaban J connectivity index is 1.33. The minimum Gasteiger partial charge on any atom is -0.381 e. The highest BCUT2D eigenvalue weighted by Gasteiger charge is 2.32. The van der Waals surface area contributed by atoms with E-state index < -0.39 is 11.7 Å². The normalized spacial score (nSPS) is 19.4. The topological polar surface area (TPSA) is 76.1 Å². The van der Waals surface area contributed by atoms with Crippen molar-refractivity contribution in [1.29, 1.82) is 0 Å². The Labute approximate surface area is 226 Å². The van der Waals surface area contributed by atoms with Gasteiger partial charge in [0.05, 0.1) is 11.6 Å². The molecule has 6 nitrogen and oxygen atoms in total. The fourth-order valence-corrected chi connectivity index (χ4v) is 5.36. The molecule has 2 N–H and O–H groups in total. The molecule has 1 amide bonds. The van der Waals surface area contributed by atoms with E-state index in [1.165, 1.54) is 12.1 Å². The molecular formula is C30H33F3N4O2. The molecule has 2 atom stereocenters. The van der Waals surface area contributed by atoms with Crippen LogP contribution in [0.5, 0.6) is 0 Å². The molecule has 3 heterocycles. The van der Waals surface area contributed by atoms with Crippen molar-refractivity contribution in [2.75, 3.05) is 19.8 Å². The average molecular weight is 539 g/mol. The van der Waals surface area contributed by atoms with Gasteiger partial charge in [-0.15, -0.1) is 0 Å². The van der Waals surface area contributed by atoms with Crippen LogP contribution in [-0.4, -0.2) is 35.6 Å². The number of nitrogens with one attached hydrogen (secondary N) is 2. The molecule has 1 unspecified atom stereocenters. The molecule has 0 bridgehead atoms. The van der Waals surface area contributed by atoms with E-state index in [1.807, 2.05) is 31.2 Å². The molecular weight excluding hydrogens is 505 g/mol. The van der Waals surface area contributed by atoms with Crippen molar-refractivity contribution in [3.05, 3.63) is 82.9 Å². The maximum Gasteiger partial charge on any atom is 0.416 e. The molecule has 39 heavy (non-hydrogen) atoms. The summed E-state index contributed by atoms with van der Waals surface area (Å²) in [6.07, 6.45) is 1.85. The lowest BCUT2D eigenvalue weighted by molar-refractivity contribution is -0.137. The summed E-state index contributed by atoms with van der Waals surface area (Å²) in [5.41, 5.74) is 2.66. The summed E-state index contributed by atoms with van der Waals surface area (Å²) in [6, 6.07) is 12.7. The number of piperidine rings is 1. The van der Waals surface area contributed by atoms with Gasteiger partial charge in [-0.05, 0) is 79.6 Å². The van der Waals surface area contributed by atoms with Crippen LogP contribution in [-0.2, 0) is 10.9 Å². The first-order valence-corrected chi connectivity index (χ1v) is 13.6. The largest absolute Gasteiger partial charge is 0.416 e. The predicted molar refractivity (Wildman–Crippen MR) is 142 cm³/mol. The first-order chi connectivity index (χ1) is 18.8. The van der Waals surface area contributed by atoms with Gasteiger partial charge in [-0.1, -0.05) is 36.8 Å². The van der Waals surface area contributed by atoms with Crippen LogP contribution in [0, 0.1) is 0 Å². The average Bonchev–Trinajstić information content (AvgIpc) is 2.97. The van der Waals surface area contributed by atoms with Crippen LogP contribution in [0.1, 0.15) is 90.0 Å². The highest BCUT2D eigenvalue weighted by molar-refractivity contribution is 5.92. The van der Waals surface area contributed by atoms with Crippen LogP contribution < -0.4 is 10.6 Å². The molecule has 2 saturated heterocycles. The molecule has 0 aliphatic carbocycles. The number of carbonyl (C=O) groups is 1. The van der Waals surface area contributed by atoms with Gasteiger partial charge in [0.15, 0.2) is 0 Å². The predicted octanol–water partition coefficient (Wildman–Crippen LogP) is 6.36. The van der Waals surface area contributed by atoms with Crippen molar-refractivity contribution >= 4 is 5.91 Å². The second-order valence-electron chi connectivity index (χ2n) is 10.3. The second kappa shape index (κ2) is 11.8. The molecule has 2 aliphatic rings. The third-order valence-corrected chi connectivity index (χ3v) is 7.63. The number of hydrogen-bond donors (Lipinski definition) is 2. The molecule has 5 rings (SSSR count). The monoisotopic (exact) mass is 538 g/mol. The molecule has 0 saturated carbocycles. The molecule has 2 aromatic carbocycles. The Morgan fingerprint density at radius 1 is 1.05 bits per heavy atom. The smallest absolute Gasteiger partial charge is 0.381 e. The second-order valence-corrected chi connectivity index (χ2v) is 10.3. The van der Waals surface area contributed by atoms with Gasteiger partial charge in [0, 0.05) is 31.4 Å². The quantitative estimate of drug-likeness (QED) is 0.382. The van der Waals surface area contributed by atoms with Gasteiger partial charge in [0.25, 0.3) is 5.91 Å². The summed E-state index contributed by atoms with van der Waals surface area (Å²) < 4.78 is 46.1. The zero-order chi connectivity index (χ0) is 27.4. The van der Waals surface area contributed by atoms with Crippen LogP contribution in [0.4, 0.5) is 13.2 Å². The molecule has 0 radical (unpaired) electrons. The summed E-state index contributed by atoms with van der Waals surface area (Å²) in [4.78, 5) is 21.8. The number of nitrogens with zero attached hydrogens (tertiary/aromatic N) is 2. The molecule has 2 aliphatic heterocycles. The molecule has 206 valence electrons. The van der Waals surface area contributed by atoms with E-state index in [9.17, 15) is 18.0 Å². The van der Waals surface area contributed by atoms with Gasteiger partial charge in [0.2, 0.25) is 0 Å². The summed E-state index contributed by atoms with van der Waals surface area (Å²) in [5, 5.41) is 6.43. The first-order valence-electron chi connectivity index (χ1n) is 13.6. The summed E-state index contributed by atoms with van der Waals surface area (Å²) in [6.45, 7) is 4.05. The summed E-state index contributed by atoms with van der Waals surface area (Å²) in [7, 11) is 0. The maximum atomic E-state index is 13.5. The van der Waals surface area contributed by atoms with Crippen molar-refractivity contribution in [1.82, 2.24) is 20.6 Å². The third kappa shape index (κ3) is 6.47. The highest BCUT2D eigenvalue weighted by Crippen LogP contribution is 2.38. The molecule has 9 heteroatoms. The number of aromatic nitrogens is 2. The minimum atomic E-state index is -4.42. The van der Waals surface area contributed by atoms with Crippen LogP contribution in [0.15, 0.2) is 54.7 Å². The van der Waals surface area contributed by atoms with E-state index in [4.69, 9.17) is 4.74 Å². The van der Waals surface area contributed by atoms with Crippen molar-refractivity contribution in [3.63, 3.8) is 0 Å². The number of hydrogen-bond acceptors (Lipinski definition) is 5. The van der Waals surface area contributed by atoms with Crippen LogP contribution in [0.25, 0.3) is 11.1 Å². The van der Waals surface area contributed by atoms with Crippen molar-refractivity contribution in [3.8, 4) is 11.1 Å². The fourth-order valence-electron chi connectivity index (χ4n) is 5.36. The van der Waals surface area contributed by atoms with Crippen molar-refractivity contribution < 1.29 is 22.7 Å². The molecule has 3 aromatic rings. The molecule has 0 spiro atoms. The number of carbonyl (C=O) groups excluding carboxylic acids is 1. The highest BCUT2D eigenvalue weighted by atomic mass is 19.4. The lowest BCUT2D eigenvalue weighted by Gasteiger charge is -2.27. The minimum absolute atomic E-state index is 0.0211. The van der Waals surface area contributed by atoms with Gasteiger partial charge in [0.1, 0.15) is 11.5 Å². The Kier molecular flexibility index (Phi) is 8.28. The lowest BCUT2D eigenvalue weighted by Crippen LogP contribution is -2.28. The number of alkyl halides is 3. The van der Waals surface area contributed by atoms with Crippen molar-refractivity contribution in [2.45, 2.75) is 63.2 Å². The summed E-state index contributed by atoms with van der Waals surface area (Å²) in [5.74, 6) is 0.541. The first kappa shape index (κ1) is 27.3. The van der Waals surface area contributed by atoms with Gasteiger partial charge in [-0.25, -0.2) is 9.97 Å². The number of amides is 1. The van der Waals surface area contributed by atoms with Gasteiger partial charge in [-0.3, -0.25) is 4.79 Å². The van der Waals surface area contributed by atoms with Gasteiger partial charge in [-0.2, -0.15) is 13.2 Å². The van der Waals surface area contributed by atoms with E-state index >= 15 is 0 Å². The summed E-state index contributed by atoms with van der Waals surface area (Å²) >= 11 is 0. The Morgan fingerprint density at radius 2 is 1.82 bits per heavy atom. The zero-order valence-corrected chi connectivity index (χ0v) is 21.9. The zero-order valence-electron chi connectivity index (χ0n) is 21.9. The SMILES string of the molecule is C[C@@H](NC(=O)c1ccnc(C2CCOCC2)n1)c1ccc(-c2cc(C(F)(F)F)ccc2C2CCCCN2)cc1. The Bertz CT molecular complexity index is 1280. The lowest BCUT2D eigenvalue weighted by atomic mass is 9.88. The number of benzene rings is 2. The van der Waals surface area contributed by atoms with Gasteiger partial charge < -0.3 is 15.4 Å². The third-order valence-electron chi connectivity index (χ3n) is 7.63. The van der Waals surface area contributed by atoms with E-state index in [2.05, 4.69) is 20.6 Å². The number of halogens is 3. The fraction of sp³-hybridized carbons (Fsp3) is 0.433. The van der Waals surface area contributed by atoms with E-state index in [0.29, 0.717) is 35.9 Å². The van der Waals surface area contributed by atoms with Crippen LogP contribution in [0.2, 0.25) is 0 Å². The number of rotatable bonds is 6. The van der Waals surface area contributed by atoms with E-state index in [0.717, 1.165) is 49.8 Å². The van der Waals surface area contributed by atoms with Crippen molar-refractivity contribution in [2.24, 2.45) is 0 Å². The Morgan fingerprint density at radius 3 is 2.51 bits per heavy atom. The Hall–Kier alpha value is -3.30. The van der Waals surface area contributed by atoms with Crippen LogP contribution in [0.3, 0.4) is 0 Å². The number of ether oxygens (including phenoxy) is 1. The van der Waals surface area contributed by atoms with E-state index in [-0.39, 0.29) is 23.9 Å². The molecule has 1 aromatic heterocycles.